The van der Waals surface area contributed by atoms with Crippen LogP contribution < -0.4 is 0 Å². The molecule has 0 spiro atoms. The third-order valence-electron chi connectivity index (χ3n) is 24.1. The fraction of sp³-hybridized carbons (Fsp3) is 0.0611. The van der Waals surface area contributed by atoms with Gasteiger partial charge in [-0.05, 0) is 213 Å². The molecule has 0 aliphatic heterocycles. The average molecular weight is 1850 g/mol. The molecular weight excluding hydrogens is 1700 g/mol. The third kappa shape index (κ3) is 16.3. The van der Waals surface area contributed by atoms with E-state index >= 15 is 0 Å². The van der Waals surface area contributed by atoms with Gasteiger partial charge < -0.3 is 0 Å². The first-order valence-electron chi connectivity index (χ1n) is 70.2. The van der Waals surface area contributed by atoms with Crippen molar-refractivity contribution in [1.82, 2.24) is 44.9 Å². The molecule has 22 aromatic rings. The minimum absolute atomic E-state index is 0.0486. The van der Waals surface area contributed by atoms with Crippen LogP contribution in [0.2, 0.25) is 0 Å². The smallest absolute Gasteiger partial charge is 0.164 e. The fourth-order valence-corrected chi connectivity index (χ4v) is 17.7. The van der Waals surface area contributed by atoms with Crippen molar-refractivity contribution in [3.8, 4) is 214 Å². The largest absolute Gasteiger partial charge is 0.208 e. The maximum absolute atomic E-state index is 9.30. The van der Waals surface area contributed by atoms with Crippen molar-refractivity contribution in [2.24, 2.45) is 0 Å². The summed E-state index contributed by atoms with van der Waals surface area (Å²) in [5.41, 5.74) is 2.95. The molecule has 1 atom stereocenters. The molecule has 0 N–H and O–H groups in total. The molecule has 0 saturated heterocycles. The van der Waals surface area contributed by atoms with E-state index in [-0.39, 0.29) is 77.9 Å². The summed E-state index contributed by atoms with van der Waals surface area (Å²) < 4.78 is 462. The van der Waals surface area contributed by atoms with Crippen molar-refractivity contribution in [3.05, 3.63) is 509 Å². The van der Waals surface area contributed by atoms with Crippen LogP contribution in [-0.4, -0.2) is 44.9 Å². The first kappa shape index (κ1) is 45.7. The number of benzene rings is 19. The molecule has 0 bridgehead atoms. The molecule has 0 saturated carbocycles. The summed E-state index contributed by atoms with van der Waals surface area (Å²) >= 11 is 0. The molecule has 0 fully saturated rings. The van der Waals surface area contributed by atoms with Crippen LogP contribution in [-0.2, 0) is 24.7 Å². The van der Waals surface area contributed by atoms with Gasteiger partial charge in [0.1, 0.15) is 0 Å². The molecule has 0 amide bonds. The number of aromatic nitrogens is 9. The van der Waals surface area contributed by atoms with E-state index in [9.17, 15) is 6.85 Å². The molecule has 9 heteroatoms. The van der Waals surface area contributed by atoms with Crippen LogP contribution in [0.25, 0.3) is 214 Å². The van der Waals surface area contributed by atoms with Gasteiger partial charge in [0, 0.05) is 66.0 Å². The normalized spacial score (nSPS) is 18.4. The first-order chi connectivity index (χ1) is 91.0. The lowest BCUT2D eigenvalue weighted by Gasteiger charge is -2.21. The zero-order valence-corrected chi connectivity index (χ0v) is 73.6. The van der Waals surface area contributed by atoms with Gasteiger partial charge in [-0.3, -0.25) is 0 Å². The minimum atomic E-state index is -2.26. The predicted octanol–water partition coefficient (Wildman–Crippen LogP) is 32.3. The highest BCUT2D eigenvalue weighted by atomic mass is 15.1. The van der Waals surface area contributed by atoms with Gasteiger partial charge in [0.05, 0.1) is 68.5 Å². The van der Waals surface area contributed by atoms with Gasteiger partial charge in [-0.2, -0.15) is 0 Å². The standard InChI is InChI=1S/C47H33N3.C43H31N3.C41H29N3/c1-31-12-8-18-37(28-31)46-48-45(35-15-6-3-7-16-35)49-47(50-46)38-19-9-17-36(29-38)40-21-11-23-42-41-22-10-20-39(43(41)30-44(40)42)34-26-24-33(25-27-34)32-13-4-2-5-14-32;1-43(2)38-22-10-9-17-33(38)34-24-23-29(25-39(34)43)41-44-40(28-15-7-4-8-16-28)45-42(46-41)35-21-12-20-32-31-19-11-18-30(36(31)26-37(32)35)27-13-5-3-6-14-27;1-27-12-8-18-31(24-27)40-42-39(29-15-6-3-7-16-29)43-41(44-40)32-19-9-17-30(25-32)34-21-11-23-36-35-22-10-20-33(37(35)26-38(34)36)28-13-4-2-5-14-28/h2-29H,30H2,1H3;3-25H,26H2,1-2H3;2-25H,26H2,1H3/i2D,3D,4D,5D,6D,7D,8D,9D,10D,11D,12D,13D,14D,15D,16D,17D,18D,19D,20D,21D,22D,23D,24D,25D,26D,27D,28D;1D3;2D,3D,4D,5D,6D,7D,8D,9D,10D,11D,12D,13D,14D,15D,16D,17D,18D,19D,20D,21D,22D,23D,24D. The van der Waals surface area contributed by atoms with Crippen molar-refractivity contribution >= 4 is 0 Å². The van der Waals surface area contributed by atoms with Crippen LogP contribution in [0, 0.1) is 13.8 Å². The third-order valence-corrected chi connectivity index (χ3v) is 24.1. The number of fused-ring (bicyclic) bond motifs is 12. The second-order valence-electron chi connectivity index (χ2n) is 32.6. The van der Waals surface area contributed by atoms with Crippen LogP contribution in [0.4, 0.5) is 0 Å². The summed E-state index contributed by atoms with van der Waals surface area (Å²) in [5.74, 6) is -2.05. The van der Waals surface area contributed by atoms with Crippen molar-refractivity contribution in [1.29, 1.82) is 0 Å². The van der Waals surface area contributed by atoms with Crippen LogP contribution in [0.5, 0.6) is 0 Å². The van der Waals surface area contributed by atoms with E-state index < -0.39 is 429 Å². The summed E-state index contributed by atoms with van der Waals surface area (Å²) in [6.45, 7) is 2.23. The molecular formula is C131H93N9. The first-order valence-corrected chi connectivity index (χ1v) is 43.7. The van der Waals surface area contributed by atoms with Crippen molar-refractivity contribution in [2.45, 2.75) is 52.3 Å². The Kier molecular flexibility index (Phi) is 11.9. The second kappa shape index (κ2) is 36.5. The topological polar surface area (TPSA) is 116 Å². The van der Waals surface area contributed by atoms with Gasteiger partial charge in [-0.15, -0.1) is 0 Å². The monoisotopic (exact) mass is 1850 g/mol. The van der Waals surface area contributed by atoms with Gasteiger partial charge in [-0.1, -0.05) is 448 Å². The van der Waals surface area contributed by atoms with E-state index in [0.717, 1.165) is 57.5 Å². The molecule has 4 aliphatic carbocycles. The van der Waals surface area contributed by atoms with E-state index in [0.29, 0.717) is 17.5 Å². The van der Waals surface area contributed by atoms with Gasteiger partial charge >= 0.3 is 0 Å². The van der Waals surface area contributed by atoms with Gasteiger partial charge in [-0.25, -0.2) is 44.9 Å². The molecule has 4 aliphatic rings. The van der Waals surface area contributed by atoms with Crippen LogP contribution in [0.3, 0.4) is 0 Å². The highest BCUT2D eigenvalue weighted by molar-refractivity contribution is 5.95. The Morgan fingerprint density at radius 3 is 0.986 bits per heavy atom. The van der Waals surface area contributed by atoms with Crippen LogP contribution >= 0.6 is 0 Å². The summed E-state index contributed by atoms with van der Waals surface area (Å²) in [7, 11) is 0. The molecule has 3 aromatic heterocycles. The number of hydrogen-bond donors (Lipinski definition) is 0. The van der Waals surface area contributed by atoms with Crippen LogP contribution in [0.1, 0.15) is 142 Å². The maximum Gasteiger partial charge on any atom is 0.164 e. The summed E-state index contributed by atoms with van der Waals surface area (Å²) in [6, 6.07) is 11.9. The number of hydrogen-bond acceptors (Lipinski definition) is 9. The Hall–Kier alpha value is -17.8. The molecule has 26 rings (SSSR count). The molecule has 0 radical (unpaired) electrons. The van der Waals surface area contributed by atoms with E-state index in [1.165, 1.54) is 47.2 Å². The molecule has 19 aromatic carbocycles. The fourth-order valence-electron chi connectivity index (χ4n) is 17.7. The second-order valence-corrected chi connectivity index (χ2v) is 32.6. The quantitative estimate of drug-likeness (QED) is 0.0989. The molecule has 1 unspecified atom stereocenters. The van der Waals surface area contributed by atoms with Crippen molar-refractivity contribution < 1.29 is 72.7 Å². The lowest BCUT2D eigenvalue weighted by Crippen LogP contribution is -2.15. The van der Waals surface area contributed by atoms with Gasteiger partial charge in [0.2, 0.25) is 0 Å². The lowest BCUT2D eigenvalue weighted by atomic mass is 9.82. The molecule has 9 nitrogen and oxygen atoms in total. The van der Waals surface area contributed by atoms with Crippen LogP contribution in [0.15, 0.2) is 454 Å². The highest BCUT2D eigenvalue weighted by Crippen LogP contribution is 2.53. The zero-order chi connectivity index (χ0) is 140. The summed E-state index contributed by atoms with van der Waals surface area (Å²) in [6.07, 6.45) is -0.246. The van der Waals surface area contributed by atoms with Gasteiger partial charge in [0.25, 0.3) is 0 Å². The highest BCUT2D eigenvalue weighted by Gasteiger charge is 2.37. The van der Waals surface area contributed by atoms with Crippen molar-refractivity contribution in [3.63, 3.8) is 0 Å². The Balaban J connectivity index is 0.000000148. The summed E-state index contributed by atoms with van der Waals surface area (Å²) in [5, 5.41) is 0. The molecule has 3 heterocycles. The Morgan fingerprint density at radius 1 is 0.193 bits per heavy atom. The zero-order valence-electron chi connectivity index (χ0n) is 127. The molecule has 140 heavy (non-hydrogen) atoms. The Labute approximate surface area is 890 Å². The van der Waals surface area contributed by atoms with E-state index in [1.54, 1.807) is 0 Å². The van der Waals surface area contributed by atoms with E-state index in [4.69, 9.17) is 80.7 Å². The average Bonchev–Trinajstić information content (AvgIpc) is 1.52. The van der Waals surface area contributed by atoms with Gasteiger partial charge in [0.15, 0.2) is 52.4 Å². The van der Waals surface area contributed by atoms with E-state index in [2.05, 4.69) is 90.6 Å². The molecule has 662 valence electrons. The predicted molar refractivity (Wildman–Crippen MR) is 573 cm³/mol. The minimum Gasteiger partial charge on any atom is -0.208 e. The lowest BCUT2D eigenvalue weighted by molar-refractivity contribution is 0.660. The maximum atomic E-state index is 9.30. The van der Waals surface area contributed by atoms with Crippen molar-refractivity contribution in [2.75, 3.05) is 0 Å². The Bertz CT molecular complexity index is 11600. The SMILES string of the molecule is [2H]C([2H])([2H])C1(C)c2ccccc2-c2ccc(-c3nc(-c4ccccc4)nc(-c4cccc5c4Cc4c(-c6ccccc6)cccc4-5)n3)cc21.[2H]c1c(-c2nc(-c3c([2H])c([2H])c([2H])c([2H])c3[2H])nc(-c3c([2H])c([2H])c([2H])c(C)c3[2H])n2)cc(-c2c([2H])c([2H])c([2H])c3c2Cc2c(-c4c([2H])c([2H])c(-c5c([2H])c([2H])c([2H])c([2H])c5[2H])c([2H])c4[2H])c([2H])c([2H])c([2H])c2-3)c([2H])c1[2H].[2H]c1c(-c2nc(-c3c([2H])c([2H])c([2H])c([2H])c3[2H])nc(-c3c([2H])c([2H])c([2H])c(C)c3[2H])n2)cc(-c2c([2H])c([2H])c([2H])c3c2Cc2c(-c4c([2H])c([2H])c([2H])c([2H])c4[2H])c([2H])c([2H])c([2H])c2-3)c([2H])c1[2H]. The number of nitrogens with zero attached hydrogens (tertiary/aromatic N) is 9. The summed E-state index contributed by atoms with van der Waals surface area (Å²) in [4.78, 5) is 41.4. The Morgan fingerprint density at radius 2 is 0.500 bits per heavy atom. The number of rotatable bonds is 15. The van der Waals surface area contributed by atoms with E-state index in [1.807, 2.05) is 85.8 Å².